The van der Waals surface area contributed by atoms with Crippen LogP contribution in [0.25, 0.3) is 10.9 Å². The molecule has 0 saturated carbocycles. The highest BCUT2D eigenvalue weighted by atomic mass is 79.9. The van der Waals surface area contributed by atoms with Crippen LogP contribution in [-0.4, -0.2) is 22.8 Å². The SMILES string of the molecule is C[C@@H](N)c1cc(Br)cc2c(=O)n(C)c(C3CCOCC3)nc12. The smallest absolute Gasteiger partial charge is 0.261 e. The maximum absolute atomic E-state index is 12.7. The minimum Gasteiger partial charge on any atom is -0.381 e. The molecule has 1 aromatic carbocycles. The summed E-state index contributed by atoms with van der Waals surface area (Å²) in [5.74, 6) is 1.10. The van der Waals surface area contributed by atoms with Gasteiger partial charge in [0.05, 0.1) is 10.9 Å². The lowest BCUT2D eigenvalue weighted by atomic mass is 9.98. The zero-order valence-electron chi connectivity index (χ0n) is 12.8. The molecule has 3 rings (SSSR count). The van der Waals surface area contributed by atoms with E-state index in [9.17, 15) is 4.79 Å². The van der Waals surface area contributed by atoms with Gasteiger partial charge in [0.25, 0.3) is 5.56 Å². The first-order chi connectivity index (χ1) is 10.5. The van der Waals surface area contributed by atoms with Crippen molar-refractivity contribution >= 4 is 26.8 Å². The second-order valence-corrected chi connectivity index (χ2v) is 6.82. The third kappa shape index (κ3) is 2.71. The van der Waals surface area contributed by atoms with Crippen molar-refractivity contribution in [2.24, 2.45) is 12.8 Å². The first kappa shape index (κ1) is 15.6. The van der Waals surface area contributed by atoms with E-state index in [0.717, 1.165) is 47.4 Å². The summed E-state index contributed by atoms with van der Waals surface area (Å²) in [5.41, 5.74) is 7.68. The van der Waals surface area contributed by atoms with Gasteiger partial charge in [0, 0.05) is 36.7 Å². The third-order valence-electron chi connectivity index (χ3n) is 4.29. The Labute approximate surface area is 137 Å². The Bertz CT molecular complexity index is 764. The maximum atomic E-state index is 12.7. The molecule has 2 N–H and O–H groups in total. The van der Waals surface area contributed by atoms with E-state index >= 15 is 0 Å². The second kappa shape index (κ2) is 6.10. The van der Waals surface area contributed by atoms with E-state index in [1.54, 1.807) is 11.6 Å². The molecule has 1 atom stereocenters. The van der Waals surface area contributed by atoms with Crippen molar-refractivity contribution in [3.05, 3.63) is 38.3 Å². The molecule has 118 valence electrons. The van der Waals surface area contributed by atoms with Gasteiger partial charge in [-0.1, -0.05) is 15.9 Å². The fourth-order valence-electron chi connectivity index (χ4n) is 3.05. The van der Waals surface area contributed by atoms with E-state index in [-0.39, 0.29) is 17.5 Å². The summed E-state index contributed by atoms with van der Waals surface area (Å²) in [6.45, 7) is 3.35. The molecule has 1 fully saturated rings. The first-order valence-electron chi connectivity index (χ1n) is 7.52. The first-order valence-corrected chi connectivity index (χ1v) is 8.31. The molecule has 6 heteroatoms. The molecule has 5 nitrogen and oxygen atoms in total. The number of aromatic nitrogens is 2. The Balaban J connectivity index is 2.27. The van der Waals surface area contributed by atoms with Crippen LogP contribution in [0.2, 0.25) is 0 Å². The molecule has 1 aliphatic heterocycles. The second-order valence-electron chi connectivity index (χ2n) is 5.90. The predicted octanol–water partition coefficient (Wildman–Crippen LogP) is 2.61. The monoisotopic (exact) mass is 365 g/mol. The van der Waals surface area contributed by atoms with Crippen LogP contribution in [0.4, 0.5) is 0 Å². The van der Waals surface area contributed by atoms with Gasteiger partial charge < -0.3 is 10.5 Å². The predicted molar refractivity (Wildman–Crippen MR) is 90.1 cm³/mol. The number of hydrogen-bond donors (Lipinski definition) is 1. The molecule has 0 bridgehead atoms. The number of benzene rings is 1. The molecule has 1 aromatic heterocycles. The van der Waals surface area contributed by atoms with Crippen LogP contribution in [0.1, 0.15) is 43.1 Å². The third-order valence-corrected chi connectivity index (χ3v) is 4.74. The van der Waals surface area contributed by atoms with Gasteiger partial charge in [0.2, 0.25) is 0 Å². The Morgan fingerprint density at radius 3 is 2.73 bits per heavy atom. The number of rotatable bonds is 2. The summed E-state index contributed by atoms with van der Waals surface area (Å²) in [6, 6.07) is 3.60. The van der Waals surface area contributed by atoms with Gasteiger partial charge in [0.15, 0.2) is 0 Å². The maximum Gasteiger partial charge on any atom is 0.261 e. The van der Waals surface area contributed by atoms with E-state index in [2.05, 4.69) is 15.9 Å². The van der Waals surface area contributed by atoms with Gasteiger partial charge in [-0.05, 0) is 37.5 Å². The van der Waals surface area contributed by atoms with E-state index in [4.69, 9.17) is 15.5 Å². The zero-order valence-corrected chi connectivity index (χ0v) is 14.4. The molecule has 1 saturated heterocycles. The van der Waals surface area contributed by atoms with E-state index in [1.807, 2.05) is 19.1 Å². The molecular formula is C16H20BrN3O2. The van der Waals surface area contributed by atoms with Crippen molar-refractivity contribution in [2.75, 3.05) is 13.2 Å². The summed E-state index contributed by atoms with van der Waals surface area (Å²) in [6.07, 6.45) is 1.80. The van der Waals surface area contributed by atoms with Gasteiger partial charge in [-0.3, -0.25) is 9.36 Å². The molecule has 2 heterocycles. The molecule has 0 unspecified atom stereocenters. The van der Waals surface area contributed by atoms with Crippen LogP contribution in [0.5, 0.6) is 0 Å². The Kier molecular flexibility index (Phi) is 4.34. The standard InChI is InChI=1S/C16H20BrN3O2/c1-9(18)12-7-11(17)8-13-14(12)19-15(20(2)16(13)21)10-3-5-22-6-4-10/h7-10H,3-6,18H2,1-2H3/t9-/m1/s1. The van der Waals surface area contributed by atoms with E-state index in [0.29, 0.717) is 5.39 Å². The Hall–Kier alpha value is -1.24. The van der Waals surface area contributed by atoms with Crippen LogP contribution in [0.3, 0.4) is 0 Å². The van der Waals surface area contributed by atoms with Crippen molar-refractivity contribution in [3.8, 4) is 0 Å². The number of halogens is 1. The largest absolute Gasteiger partial charge is 0.381 e. The zero-order chi connectivity index (χ0) is 15.9. The fraction of sp³-hybridized carbons (Fsp3) is 0.500. The summed E-state index contributed by atoms with van der Waals surface area (Å²) in [4.78, 5) is 17.6. The van der Waals surface area contributed by atoms with Crippen molar-refractivity contribution < 1.29 is 4.74 Å². The minimum atomic E-state index is -0.179. The lowest BCUT2D eigenvalue weighted by Crippen LogP contribution is -2.27. The Morgan fingerprint density at radius 1 is 1.41 bits per heavy atom. The summed E-state index contributed by atoms with van der Waals surface area (Å²) < 4.78 is 7.94. The normalized spacial score (nSPS) is 17.8. The molecule has 0 spiro atoms. The number of fused-ring (bicyclic) bond motifs is 1. The van der Waals surface area contributed by atoms with Crippen molar-refractivity contribution in [1.82, 2.24) is 9.55 Å². The number of hydrogen-bond acceptors (Lipinski definition) is 4. The molecule has 1 aliphatic rings. The molecule has 2 aromatic rings. The molecule has 0 aliphatic carbocycles. The van der Waals surface area contributed by atoms with Crippen LogP contribution < -0.4 is 11.3 Å². The van der Waals surface area contributed by atoms with Gasteiger partial charge >= 0.3 is 0 Å². The van der Waals surface area contributed by atoms with Crippen molar-refractivity contribution in [2.45, 2.75) is 31.7 Å². The van der Waals surface area contributed by atoms with E-state index < -0.39 is 0 Å². The highest BCUT2D eigenvalue weighted by Crippen LogP contribution is 2.29. The lowest BCUT2D eigenvalue weighted by molar-refractivity contribution is 0.0828. The van der Waals surface area contributed by atoms with Gasteiger partial charge in [-0.15, -0.1) is 0 Å². The highest BCUT2D eigenvalue weighted by Gasteiger charge is 2.22. The van der Waals surface area contributed by atoms with Crippen LogP contribution in [0, 0.1) is 0 Å². The lowest BCUT2D eigenvalue weighted by Gasteiger charge is -2.24. The highest BCUT2D eigenvalue weighted by molar-refractivity contribution is 9.10. The molecular weight excluding hydrogens is 346 g/mol. The Morgan fingerprint density at radius 2 is 2.09 bits per heavy atom. The average Bonchev–Trinajstić information content (AvgIpc) is 2.51. The van der Waals surface area contributed by atoms with Gasteiger partial charge in [-0.25, -0.2) is 4.98 Å². The van der Waals surface area contributed by atoms with Gasteiger partial charge in [0.1, 0.15) is 5.82 Å². The molecule has 0 amide bonds. The summed E-state index contributed by atoms with van der Waals surface area (Å²) in [7, 11) is 1.80. The number of nitrogens with zero attached hydrogens (tertiary/aromatic N) is 2. The van der Waals surface area contributed by atoms with Crippen LogP contribution in [-0.2, 0) is 11.8 Å². The minimum absolute atomic E-state index is 0.0188. The number of ether oxygens (including phenoxy) is 1. The van der Waals surface area contributed by atoms with Crippen LogP contribution >= 0.6 is 15.9 Å². The van der Waals surface area contributed by atoms with E-state index in [1.165, 1.54) is 0 Å². The van der Waals surface area contributed by atoms with Crippen LogP contribution in [0.15, 0.2) is 21.4 Å². The summed E-state index contributed by atoms with van der Waals surface area (Å²) in [5, 5.41) is 0.611. The van der Waals surface area contributed by atoms with Crippen molar-refractivity contribution in [3.63, 3.8) is 0 Å². The summed E-state index contributed by atoms with van der Waals surface area (Å²) >= 11 is 3.46. The quantitative estimate of drug-likeness (QED) is 0.887. The fourth-order valence-corrected chi connectivity index (χ4v) is 3.53. The number of nitrogens with two attached hydrogens (primary N) is 1. The topological polar surface area (TPSA) is 70.1 Å². The van der Waals surface area contributed by atoms with Gasteiger partial charge in [-0.2, -0.15) is 0 Å². The average molecular weight is 366 g/mol. The molecule has 22 heavy (non-hydrogen) atoms. The molecule has 0 radical (unpaired) electrons. The van der Waals surface area contributed by atoms with Crippen molar-refractivity contribution in [1.29, 1.82) is 0 Å².